The van der Waals surface area contributed by atoms with E-state index in [9.17, 15) is 14.0 Å². The van der Waals surface area contributed by atoms with Gasteiger partial charge in [-0.25, -0.2) is 9.37 Å². The fourth-order valence-corrected chi connectivity index (χ4v) is 2.56. The van der Waals surface area contributed by atoms with Crippen LogP contribution in [0.25, 0.3) is 11.0 Å². The van der Waals surface area contributed by atoms with Crippen molar-refractivity contribution < 1.29 is 14.0 Å². The summed E-state index contributed by atoms with van der Waals surface area (Å²) in [5.41, 5.74) is 6.16. The molecule has 3 aromatic rings. The van der Waals surface area contributed by atoms with E-state index in [1.54, 1.807) is 0 Å². The van der Waals surface area contributed by atoms with Gasteiger partial charge in [-0.15, -0.1) is 0 Å². The summed E-state index contributed by atoms with van der Waals surface area (Å²) in [6.45, 7) is 0. The van der Waals surface area contributed by atoms with Gasteiger partial charge < -0.3 is 4.98 Å². The summed E-state index contributed by atoms with van der Waals surface area (Å²) in [5, 5.41) is 0.156. The highest BCUT2D eigenvalue weighted by Crippen LogP contribution is 2.19. The maximum absolute atomic E-state index is 13.6. The number of H-pyrrole nitrogens is 1. The van der Waals surface area contributed by atoms with Crippen LogP contribution in [0.15, 0.2) is 42.5 Å². The van der Waals surface area contributed by atoms with Gasteiger partial charge in [-0.1, -0.05) is 29.8 Å². The number of nitrogens with zero attached hydrogens (tertiary/aromatic N) is 1. The van der Waals surface area contributed by atoms with Crippen molar-refractivity contribution in [1.82, 2.24) is 20.8 Å². The molecule has 3 N–H and O–H groups in total. The first-order valence-corrected chi connectivity index (χ1v) is 7.85. The van der Waals surface area contributed by atoms with Crippen molar-refractivity contribution in [1.29, 1.82) is 0 Å². The van der Waals surface area contributed by atoms with E-state index in [1.807, 2.05) is 24.3 Å². The Morgan fingerprint density at radius 3 is 2.48 bits per heavy atom. The zero-order valence-corrected chi connectivity index (χ0v) is 13.7. The van der Waals surface area contributed by atoms with Gasteiger partial charge in [0.25, 0.3) is 0 Å². The molecule has 6 nitrogen and oxygen atoms in total. The van der Waals surface area contributed by atoms with Crippen molar-refractivity contribution in [2.75, 3.05) is 0 Å². The summed E-state index contributed by atoms with van der Waals surface area (Å²) in [5.74, 6) is -1.13. The normalized spacial score (nSPS) is 10.6. The number of aromatic amines is 1. The Morgan fingerprint density at radius 1 is 1.04 bits per heavy atom. The molecule has 0 unspecified atom stereocenters. The molecule has 0 spiro atoms. The van der Waals surface area contributed by atoms with Crippen LogP contribution >= 0.6 is 11.6 Å². The summed E-state index contributed by atoms with van der Waals surface area (Å²) < 4.78 is 13.6. The van der Waals surface area contributed by atoms with Crippen LogP contribution in [0.4, 0.5) is 4.39 Å². The van der Waals surface area contributed by atoms with Crippen LogP contribution in [0, 0.1) is 5.82 Å². The molecule has 0 atom stereocenters. The number of para-hydroxylation sites is 2. The first kappa shape index (κ1) is 16.9. The molecule has 0 aliphatic heterocycles. The van der Waals surface area contributed by atoms with Gasteiger partial charge in [-0.2, -0.15) is 0 Å². The maximum atomic E-state index is 13.6. The molecule has 25 heavy (non-hydrogen) atoms. The lowest BCUT2D eigenvalue weighted by atomic mass is 10.1. The fraction of sp³-hybridized carbons (Fsp3) is 0.118. The Morgan fingerprint density at radius 2 is 1.76 bits per heavy atom. The van der Waals surface area contributed by atoms with Crippen molar-refractivity contribution in [2.45, 2.75) is 12.8 Å². The van der Waals surface area contributed by atoms with Gasteiger partial charge in [0.1, 0.15) is 11.6 Å². The Labute approximate surface area is 147 Å². The van der Waals surface area contributed by atoms with E-state index in [0.29, 0.717) is 5.82 Å². The second kappa shape index (κ2) is 7.31. The molecule has 3 rings (SSSR count). The van der Waals surface area contributed by atoms with E-state index in [2.05, 4.69) is 20.8 Å². The minimum absolute atomic E-state index is 0.0323. The van der Waals surface area contributed by atoms with E-state index in [-0.39, 0.29) is 23.4 Å². The van der Waals surface area contributed by atoms with Crippen molar-refractivity contribution in [3.63, 3.8) is 0 Å². The van der Waals surface area contributed by atoms with E-state index in [0.717, 1.165) is 11.0 Å². The number of aromatic nitrogens is 2. The number of halogens is 2. The summed E-state index contributed by atoms with van der Waals surface area (Å²) in [6.07, 6.45) is -0.314. The average Bonchev–Trinajstić information content (AvgIpc) is 2.98. The van der Waals surface area contributed by atoms with Crippen molar-refractivity contribution in [2.24, 2.45) is 0 Å². The van der Waals surface area contributed by atoms with Crippen molar-refractivity contribution >= 4 is 34.4 Å². The Bertz CT molecular complexity index is 888. The SMILES string of the molecule is O=C(Cc1nc2ccccc2[nH]1)NNC(=O)Cc1c(F)cccc1Cl. The number of hydrazine groups is 1. The zero-order chi connectivity index (χ0) is 17.8. The molecule has 1 aromatic heterocycles. The standard InChI is InChI=1S/C17H14ClFN4O2/c18-11-4-3-5-12(19)10(11)8-16(24)22-23-17(25)9-15-20-13-6-1-2-7-14(13)21-15/h1-7H,8-9H2,(H,20,21)(H,22,24)(H,23,25). The molecule has 128 valence electrons. The Hall–Kier alpha value is -2.93. The lowest BCUT2D eigenvalue weighted by Gasteiger charge is -2.08. The number of imidazole rings is 1. The van der Waals surface area contributed by atoms with Crippen LogP contribution in [0.5, 0.6) is 0 Å². The molecule has 0 aliphatic rings. The predicted octanol–water partition coefficient (Wildman–Crippen LogP) is 2.29. The summed E-state index contributed by atoms with van der Waals surface area (Å²) in [4.78, 5) is 31.0. The molecule has 0 radical (unpaired) electrons. The summed E-state index contributed by atoms with van der Waals surface area (Å²) in [7, 11) is 0. The lowest BCUT2D eigenvalue weighted by Crippen LogP contribution is -2.43. The van der Waals surface area contributed by atoms with Gasteiger partial charge in [0.15, 0.2) is 0 Å². The smallest absolute Gasteiger partial charge is 0.245 e. The number of nitrogens with one attached hydrogen (secondary N) is 3. The number of amides is 2. The second-order valence-electron chi connectivity index (χ2n) is 5.35. The van der Waals surface area contributed by atoms with E-state index >= 15 is 0 Å². The van der Waals surface area contributed by atoms with E-state index in [4.69, 9.17) is 11.6 Å². The highest BCUT2D eigenvalue weighted by atomic mass is 35.5. The number of fused-ring (bicyclic) bond motifs is 1. The molecule has 0 fully saturated rings. The predicted molar refractivity (Wildman–Crippen MR) is 91.2 cm³/mol. The molecule has 0 bridgehead atoms. The van der Waals surface area contributed by atoms with Gasteiger partial charge >= 0.3 is 0 Å². The van der Waals surface area contributed by atoms with Gasteiger partial charge in [0.05, 0.1) is 23.9 Å². The van der Waals surface area contributed by atoms with Gasteiger partial charge in [-0.3, -0.25) is 20.4 Å². The molecule has 0 aliphatic carbocycles. The van der Waals surface area contributed by atoms with Crippen LogP contribution in [0.1, 0.15) is 11.4 Å². The van der Waals surface area contributed by atoms with Crippen LogP contribution < -0.4 is 10.9 Å². The first-order chi connectivity index (χ1) is 12.0. The van der Waals surface area contributed by atoms with Crippen LogP contribution in [-0.2, 0) is 22.4 Å². The molecule has 2 aromatic carbocycles. The highest BCUT2D eigenvalue weighted by molar-refractivity contribution is 6.31. The minimum atomic E-state index is -0.579. The lowest BCUT2D eigenvalue weighted by molar-refractivity contribution is -0.128. The highest BCUT2D eigenvalue weighted by Gasteiger charge is 2.13. The van der Waals surface area contributed by atoms with Crippen LogP contribution in [0.3, 0.4) is 0 Å². The molecule has 0 saturated heterocycles. The first-order valence-electron chi connectivity index (χ1n) is 7.47. The van der Waals surface area contributed by atoms with E-state index < -0.39 is 17.6 Å². The minimum Gasteiger partial charge on any atom is -0.342 e. The molecular weight excluding hydrogens is 347 g/mol. The number of hydrogen-bond donors (Lipinski definition) is 3. The molecule has 8 heteroatoms. The number of benzene rings is 2. The third-order valence-electron chi connectivity index (χ3n) is 3.51. The maximum Gasteiger partial charge on any atom is 0.245 e. The monoisotopic (exact) mass is 360 g/mol. The van der Waals surface area contributed by atoms with Crippen LogP contribution in [-0.4, -0.2) is 21.8 Å². The van der Waals surface area contributed by atoms with Gasteiger partial charge in [0.2, 0.25) is 11.8 Å². The third-order valence-corrected chi connectivity index (χ3v) is 3.86. The third kappa shape index (κ3) is 4.13. The number of hydrogen-bond acceptors (Lipinski definition) is 3. The summed E-state index contributed by atoms with van der Waals surface area (Å²) >= 11 is 5.86. The van der Waals surface area contributed by atoms with Gasteiger partial charge in [0, 0.05) is 10.6 Å². The van der Waals surface area contributed by atoms with Crippen LogP contribution in [0.2, 0.25) is 5.02 Å². The van der Waals surface area contributed by atoms with E-state index in [1.165, 1.54) is 18.2 Å². The number of rotatable bonds is 4. The quantitative estimate of drug-likeness (QED) is 0.624. The van der Waals surface area contributed by atoms with Crippen molar-refractivity contribution in [3.05, 3.63) is 64.7 Å². The Balaban J connectivity index is 1.54. The van der Waals surface area contributed by atoms with Gasteiger partial charge in [-0.05, 0) is 24.3 Å². The molecule has 2 amide bonds. The number of carbonyl (C=O) groups excluding carboxylic acids is 2. The number of carbonyl (C=O) groups is 2. The fourth-order valence-electron chi connectivity index (χ4n) is 2.33. The topological polar surface area (TPSA) is 86.9 Å². The molecule has 0 saturated carbocycles. The summed E-state index contributed by atoms with van der Waals surface area (Å²) in [6, 6.07) is 11.5. The van der Waals surface area contributed by atoms with Crippen molar-refractivity contribution in [3.8, 4) is 0 Å². The zero-order valence-electron chi connectivity index (χ0n) is 13.0. The second-order valence-corrected chi connectivity index (χ2v) is 5.76. The molecule has 1 heterocycles. The average molecular weight is 361 g/mol. The Kier molecular flexibility index (Phi) is 4.95. The largest absolute Gasteiger partial charge is 0.342 e. The molecular formula is C17H14ClFN4O2.